The number of ketones is 1. The third kappa shape index (κ3) is 5.94. The molecule has 0 saturated heterocycles. The molecule has 30 heavy (non-hydrogen) atoms. The van der Waals surface area contributed by atoms with E-state index in [1.807, 2.05) is 49.4 Å². The summed E-state index contributed by atoms with van der Waals surface area (Å²) in [5.41, 5.74) is 7.25. The number of benzene rings is 2. The first-order valence-corrected chi connectivity index (χ1v) is 9.83. The molecular weight excluding hydrogens is 382 g/mol. The van der Waals surface area contributed by atoms with Crippen molar-refractivity contribution in [1.82, 2.24) is 0 Å². The Hall–Kier alpha value is -3.12. The number of carbonyl (C=O) groups excluding carboxylic acids is 1. The Bertz CT molecular complexity index is 876. The van der Waals surface area contributed by atoms with Gasteiger partial charge in [-0.05, 0) is 43.5 Å². The van der Waals surface area contributed by atoms with Crippen LogP contribution in [0.2, 0.25) is 0 Å². The molecule has 2 aromatic carbocycles. The van der Waals surface area contributed by atoms with Crippen LogP contribution < -0.4 is 15.2 Å². The average Bonchev–Trinajstić information content (AvgIpc) is 2.79. The predicted molar refractivity (Wildman–Crippen MR) is 116 cm³/mol. The number of nitrogens with two attached hydrogens (primary N) is 1. The topological polar surface area (TPSA) is 98.9 Å². The summed E-state index contributed by atoms with van der Waals surface area (Å²) in [7, 11) is 3.02. The summed E-state index contributed by atoms with van der Waals surface area (Å²) in [4.78, 5) is 23.9. The summed E-state index contributed by atoms with van der Waals surface area (Å²) in [6.45, 7) is 1.98. The largest absolute Gasteiger partial charge is 0.493 e. The maximum absolute atomic E-state index is 12.6. The molecule has 0 amide bonds. The van der Waals surface area contributed by atoms with Gasteiger partial charge in [0.2, 0.25) is 0 Å². The first kappa shape index (κ1) is 23.2. The number of carbonyl (C=O) groups is 2. The standard InChI is InChI=1S/C16H18O5.C8H11N/c1-20-13-8-7-10(9-14(13)21-2)15(17)11-5-3-4-6-12(11)16(18)19;1-7(9)8-5-3-2-4-6-8/h3-4,7-9,11-12H,5-6H2,1-2H3,(H,18,19);2-7H,9H2,1H3/t11-,12+;7-/m01/s1. The van der Waals surface area contributed by atoms with Crippen LogP contribution in [0.15, 0.2) is 60.7 Å². The number of methoxy groups -OCH3 is 2. The van der Waals surface area contributed by atoms with Crippen LogP contribution in [0, 0.1) is 11.8 Å². The number of hydrogen-bond acceptors (Lipinski definition) is 5. The predicted octanol–water partition coefficient (Wildman–Crippen LogP) is 4.26. The molecule has 160 valence electrons. The van der Waals surface area contributed by atoms with E-state index >= 15 is 0 Å². The van der Waals surface area contributed by atoms with E-state index in [9.17, 15) is 14.7 Å². The number of allylic oxidation sites excluding steroid dienone is 2. The van der Waals surface area contributed by atoms with Crippen LogP contribution in [0.25, 0.3) is 0 Å². The van der Waals surface area contributed by atoms with Crippen LogP contribution in [-0.4, -0.2) is 31.1 Å². The number of ether oxygens (including phenoxy) is 2. The smallest absolute Gasteiger partial charge is 0.307 e. The second-order valence-corrected chi connectivity index (χ2v) is 7.13. The SMILES string of the molecule is COc1ccc(C(=O)[C@H]2CC=CC[C@H]2C(=O)O)cc1OC.C[C@@H](N)c1ccccc1. The van der Waals surface area contributed by atoms with E-state index in [1.54, 1.807) is 18.2 Å². The fraction of sp³-hybridized carbons (Fsp3) is 0.333. The Morgan fingerprint density at radius 3 is 2.07 bits per heavy atom. The van der Waals surface area contributed by atoms with Crippen molar-refractivity contribution in [2.45, 2.75) is 25.8 Å². The highest BCUT2D eigenvalue weighted by atomic mass is 16.5. The summed E-state index contributed by atoms with van der Waals surface area (Å²) in [6.07, 6.45) is 4.52. The van der Waals surface area contributed by atoms with Gasteiger partial charge in [0, 0.05) is 17.5 Å². The molecule has 0 heterocycles. The van der Waals surface area contributed by atoms with Crippen LogP contribution in [0.4, 0.5) is 0 Å². The van der Waals surface area contributed by atoms with Crippen molar-refractivity contribution in [1.29, 1.82) is 0 Å². The molecule has 0 aliphatic heterocycles. The van der Waals surface area contributed by atoms with Gasteiger partial charge in [0.05, 0.1) is 20.1 Å². The molecule has 3 rings (SSSR count). The third-order valence-electron chi connectivity index (χ3n) is 5.08. The van der Waals surface area contributed by atoms with E-state index in [2.05, 4.69) is 0 Å². The summed E-state index contributed by atoms with van der Waals surface area (Å²) in [5, 5.41) is 9.26. The first-order chi connectivity index (χ1) is 14.4. The molecule has 0 fully saturated rings. The fourth-order valence-corrected chi connectivity index (χ4v) is 3.34. The van der Waals surface area contributed by atoms with Gasteiger partial charge in [-0.25, -0.2) is 0 Å². The summed E-state index contributed by atoms with van der Waals surface area (Å²) < 4.78 is 10.3. The summed E-state index contributed by atoms with van der Waals surface area (Å²) in [6, 6.07) is 15.1. The molecule has 1 aliphatic carbocycles. The minimum atomic E-state index is -0.932. The lowest BCUT2D eigenvalue weighted by atomic mass is 9.78. The monoisotopic (exact) mass is 411 g/mol. The normalized spacial score (nSPS) is 18.5. The fourth-order valence-electron chi connectivity index (χ4n) is 3.34. The van der Waals surface area contributed by atoms with Crippen molar-refractivity contribution < 1.29 is 24.2 Å². The molecule has 6 nitrogen and oxygen atoms in total. The lowest BCUT2D eigenvalue weighted by Gasteiger charge is -2.24. The summed E-state index contributed by atoms with van der Waals surface area (Å²) >= 11 is 0. The maximum atomic E-state index is 12.6. The number of aliphatic carboxylic acids is 1. The molecular formula is C24H29NO5. The van der Waals surface area contributed by atoms with E-state index in [4.69, 9.17) is 15.2 Å². The van der Waals surface area contributed by atoms with Crippen molar-refractivity contribution in [3.8, 4) is 11.5 Å². The zero-order chi connectivity index (χ0) is 22.1. The second kappa shape index (κ2) is 11.2. The maximum Gasteiger partial charge on any atom is 0.307 e. The van der Waals surface area contributed by atoms with Crippen LogP contribution in [0.1, 0.15) is 41.7 Å². The van der Waals surface area contributed by atoms with Gasteiger partial charge in [-0.15, -0.1) is 0 Å². The lowest BCUT2D eigenvalue weighted by molar-refractivity contribution is -0.143. The number of hydrogen-bond donors (Lipinski definition) is 2. The highest BCUT2D eigenvalue weighted by molar-refractivity contribution is 6.00. The van der Waals surface area contributed by atoms with E-state index < -0.39 is 17.8 Å². The van der Waals surface area contributed by atoms with Gasteiger partial charge in [-0.2, -0.15) is 0 Å². The number of Topliss-reactive ketones (excluding diaryl/α,β-unsaturated/α-hetero) is 1. The molecule has 0 radical (unpaired) electrons. The zero-order valence-electron chi connectivity index (χ0n) is 17.6. The number of rotatable bonds is 6. The van der Waals surface area contributed by atoms with Crippen molar-refractivity contribution in [3.63, 3.8) is 0 Å². The molecule has 2 aromatic rings. The quantitative estimate of drug-likeness (QED) is 0.544. The minimum Gasteiger partial charge on any atom is -0.493 e. The van der Waals surface area contributed by atoms with Gasteiger partial charge in [0.15, 0.2) is 17.3 Å². The van der Waals surface area contributed by atoms with Gasteiger partial charge in [-0.1, -0.05) is 42.5 Å². The number of carboxylic acids is 1. The van der Waals surface area contributed by atoms with Gasteiger partial charge in [0.1, 0.15) is 0 Å². The molecule has 3 atom stereocenters. The van der Waals surface area contributed by atoms with Crippen LogP contribution >= 0.6 is 0 Å². The summed E-state index contributed by atoms with van der Waals surface area (Å²) in [5.74, 6) is -1.32. The zero-order valence-corrected chi connectivity index (χ0v) is 17.6. The molecule has 1 aliphatic rings. The van der Waals surface area contributed by atoms with E-state index in [0.29, 0.717) is 29.9 Å². The highest BCUT2D eigenvalue weighted by Gasteiger charge is 2.34. The molecule has 0 bridgehead atoms. The van der Waals surface area contributed by atoms with Crippen molar-refractivity contribution in [3.05, 3.63) is 71.8 Å². The number of carboxylic acid groups (broad SMARTS) is 1. The third-order valence-corrected chi connectivity index (χ3v) is 5.08. The van der Waals surface area contributed by atoms with Crippen molar-refractivity contribution >= 4 is 11.8 Å². The Balaban J connectivity index is 0.000000297. The van der Waals surface area contributed by atoms with Gasteiger partial charge >= 0.3 is 5.97 Å². The van der Waals surface area contributed by atoms with E-state index in [0.717, 1.165) is 0 Å². The van der Waals surface area contributed by atoms with Crippen molar-refractivity contribution in [2.24, 2.45) is 17.6 Å². The van der Waals surface area contributed by atoms with Crippen LogP contribution in [0.3, 0.4) is 0 Å². The Kier molecular flexibility index (Phi) is 8.62. The molecule has 0 aromatic heterocycles. The average molecular weight is 411 g/mol. The molecule has 0 spiro atoms. The van der Waals surface area contributed by atoms with Gasteiger partial charge < -0.3 is 20.3 Å². The minimum absolute atomic E-state index is 0.159. The van der Waals surface area contributed by atoms with Gasteiger partial charge in [0.25, 0.3) is 0 Å². The lowest BCUT2D eigenvalue weighted by Crippen LogP contribution is -2.31. The Labute approximate surface area is 177 Å². The van der Waals surface area contributed by atoms with Crippen LogP contribution in [0.5, 0.6) is 11.5 Å². The highest BCUT2D eigenvalue weighted by Crippen LogP contribution is 2.33. The molecule has 3 N–H and O–H groups in total. The second-order valence-electron chi connectivity index (χ2n) is 7.13. The van der Waals surface area contributed by atoms with Crippen LogP contribution in [-0.2, 0) is 4.79 Å². The molecule has 0 unspecified atom stereocenters. The van der Waals surface area contributed by atoms with E-state index in [1.165, 1.54) is 19.8 Å². The Morgan fingerprint density at radius 1 is 0.967 bits per heavy atom. The van der Waals surface area contributed by atoms with Gasteiger partial charge in [-0.3, -0.25) is 9.59 Å². The first-order valence-electron chi connectivity index (χ1n) is 9.83. The Morgan fingerprint density at radius 2 is 1.57 bits per heavy atom. The van der Waals surface area contributed by atoms with E-state index in [-0.39, 0.29) is 11.8 Å². The van der Waals surface area contributed by atoms with Crippen molar-refractivity contribution in [2.75, 3.05) is 14.2 Å². The molecule has 0 saturated carbocycles. The molecule has 6 heteroatoms.